The van der Waals surface area contributed by atoms with Gasteiger partial charge in [-0.2, -0.15) is 0 Å². The molecule has 0 bridgehead atoms. The smallest absolute Gasteiger partial charge is 0.0159 e. The minimum absolute atomic E-state index is 0.0605. The first-order valence-electron chi connectivity index (χ1n) is 8.83. The van der Waals surface area contributed by atoms with E-state index in [4.69, 9.17) is 0 Å². The Labute approximate surface area is 145 Å². The Balaban J connectivity index is 1.90. The van der Waals surface area contributed by atoms with E-state index in [-0.39, 0.29) is 5.41 Å². The molecule has 0 aliphatic heterocycles. The van der Waals surface area contributed by atoms with Crippen LogP contribution in [0.25, 0.3) is 22.3 Å². The van der Waals surface area contributed by atoms with Crippen molar-refractivity contribution in [1.29, 1.82) is 0 Å². The zero-order valence-corrected chi connectivity index (χ0v) is 14.9. The second-order valence-electron chi connectivity index (χ2n) is 7.71. The van der Waals surface area contributed by atoms with Gasteiger partial charge in [-0.15, -0.1) is 0 Å². The third-order valence-corrected chi connectivity index (χ3v) is 5.47. The van der Waals surface area contributed by atoms with E-state index < -0.39 is 0 Å². The Bertz CT molecular complexity index is 899. The van der Waals surface area contributed by atoms with Gasteiger partial charge in [-0.3, -0.25) is 0 Å². The molecule has 0 fully saturated rings. The van der Waals surface area contributed by atoms with Crippen molar-refractivity contribution in [1.82, 2.24) is 0 Å². The Morgan fingerprint density at radius 3 is 2.12 bits per heavy atom. The van der Waals surface area contributed by atoms with Crippen LogP contribution in [0.2, 0.25) is 0 Å². The second-order valence-corrected chi connectivity index (χ2v) is 7.71. The van der Waals surface area contributed by atoms with Crippen LogP contribution in [0.1, 0.15) is 50.3 Å². The molecule has 1 aliphatic carbocycles. The number of fused-ring (bicyclic) bond motifs is 3. The van der Waals surface area contributed by atoms with Crippen LogP contribution in [0.3, 0.4) is 0 Å². The fourth-order valence-electron chi connectivity index (χ4n) is 3.94. The fraction of sp³-hybridized carbons (Fsp3) is 0.250. The van der Waals surface area contributed by atoms with Crippen molar-refractivity contribution in [3.05, 3.63) is 83.4 Å². The van der Waals surface area contributed by atoms with Gasteiger partial charge in [0.1, 0.15) is 0 Å². The number of hydrogen-bond donors (Lipinski definition) is 0. The monoisotopic (exact) mass is 312 g/mol. The van der Waals surface area contributed by atoms with Crippen molar-refractivity contribution < 1.29 is 0 Å². The molecule has 0 radical (unpaired) electrons. The van der Waals surface area contributed by atoms with E-state index in [1.165, 1.54) is 38.9 Å². The van der Waals surface area contributed by atoms with Gasteiger partial charge >= 0.3 is 0 Å². The highest BCUT2D eigenvalue weighted by molar-refractivity contribution is 5.84. The van der Waals surface area contributed by atoms with Crippen molar-refractivity contribution in [2.45, 2.75) is 39.0 Å². The van der Waals surface area contributed by atoms with Crippen molar-refractivity contribution >= 4 is 0 Å². The number of benzene rings is 3. The van der Waals surface area contributed by atoms with E-state index in [1.807, 2.05) is 0 Å². The van der Waals surface area contributed by atoms with Gasteiger partial charge in [-0.05, 0) is 50.9 Å². The summed E-state index contributed by atoms with van der Waals surface area (Å²) < 4.78 is 0. The SMILES string of the molecule is CC(C)c1ccc2c(c1)-c1ccc(-c3ccccc3)cc1C2(C)C. The quantitative estimate of drug-likeness (QED) is 0.489. The molecule has 120 valence electrons. The van der Waals surface area contributed by atoms with Gasteiger partial charge in [0.15, 0.2) is 0 Å². The van der Waals surface area contributed by atoms with Gasteiger partial charge in [0, 0.05) is 5.41 Å². The summed E-state index contributed by atoms with van der Waals surface area (Å²) in [7, 11) is 0. The van der Waals surface area contributed by atoms with E-state index in [0.717, 1.165) is 0 Å². The van der Waals surface area contributed by atoms with Crippen molar-refractivity contribution in [2.24, 2.45) is 0 Å². The zero-order chi connectivity index (χ0) is 16.9. The lowest BCUT2D eigenvalue weighted by molar-refractivity contribution is 0.660. The highest BCUT2D eigenvalue weighted by atomic mass is 14.4. The molecule has 3 aromatic rings. The molecule has 0 spiro atoms. The van der Waals surface area contributed by atoms with Gasteiger partial charge in [0.05, 0.1) is 0 Å². The standard InChI is InChI=1S/C24H24/c1-16(2)18-11-13-22-21(14-18)20-12-10-19(15-23(20)24(22,3)4)17-8-6-5-7-9-17/h5-16H,1-4H3. The molecule has 0 atom stereocenters. The lowest BCUT2D eigenvalue weighted by Crippen LogP contribution is -2.15. The lowest BCUT2D eigenvalue weighted by atomic mass is 9.81. The summed E-state index contributed by atoms with van der Waals surface area (Å²) in [4.78, 5) is 0. The first-order valence-corrected chi connectivity index (χ1v) is 8.83. The van der Waals surface area contributed by atoms with Crippen molar-refractivity contribution in [2.75, 3.05) is 0 Å². The average molecular weight is 312 g/mol. The van der Waals surface area contributed by atoms with Crippen LogP contribution >= 0.6 is 0 Å². The first-order chi connectivity index (χ1) is 11.5. The largest absolute Gasteiger partial charge is 0.0622 e. The van der Waals surface area contributed by atoms with Crippen LogP contribution in [-0.4, -0.2) is 0 Å². The molecule has 0 saturated heterocycles. The molecule has 0 heteroatoms. The fourth-order valence-corrected chi connectivity index (χ4v) is 3.94. The summed E-state index contributed by atoms with van der Waals surface area (Å²) in [5.41, 5.74) is 9.79. The second kappa shape index (κ2) is 5.34. The van der Waals surface area contributed by atoms with Gasteiger partial charge in [0.25, 0.3) is 0 Å². The maximum Gasteiger partial charge on any atom is 0.0159 e. The summed E-state index contributed by atoms with van der Waals surface area (Å²) in [6.45, 7) is 9.23. The predicted octanol–water partition coefficient (Wildman–Crippen LogP) is 6.78. The topological polar surface area (TPSA) is 0 Å². The molecule has 4 rings (SSSR count). The Morgan fingerprint density at radius 1 is 0.667 bits per heavy atom. The minimum atomic E-state index is 0.0605. The predicted molar refractivity (Wildman–Crippen MR) is 104 cm³/mol. The van der Waals surface area contributed by atoms with E-state index in [9.17, 15) is 0 Å². The zero-order valence-electron chi connectivity index (χ0n) is 14.9. The average Bonchev–Trinajstić information content (AvgIpc) is 2.83. The summed E-state index contributed by atoms with van der Waals surface area (Å²) in [6, 6.07) is 24.7. The van der Waals surface area contributed by atoms with Crippen LogP contribution in [0.4, 0.5) is 0 Å². The molecular weight excluding hydrogens is 288 g/mol. The maximum atomic E-state index is 2.40. The number of rotatable bonds is 2. The minimum Gasteiger partial charge on any atom is -0.0622 e. The molecule has 24 heavy (non-hydrogen) atoms. The molecule has 0 saturated carbocycles. The third-order valence-electron chi connectivity index (χ3n) is 5.47. The van der Waals surface area contributed by atoms with Crippen molar-refractivity contribution in [3.8, 4) is 22.3 Å². The normalized spacial score (nSPS) is 14.5. The third kappa shape index (κ3) is 2.21. The van der Waals surface area contributed by atoms with E-state index in [1.54, 1.807) is 0 Å². The van der Waals surface area contributed by atoms with E-state index in [2.05, 4.69) is 94.4 Å². The molecule has 3 aromatic carbocycles. The summed E-state index contributed by atoms with van der Waals surface area (Å²) in [6.07, 6.45) is 0. The molecule has 0 heterocycles. The Morgan fingerprint density at radius 2 is 1.42 bits per heavy atom. The summed E-state index contributed by atoms with van der Waals surface area (Å²) >= 11 is 0. The molecule has 1 aliphatic rings. The molecule has 0 unspecified atom stereocenters. The molecule has 0 N–H and O–H groups in total. The van der Waals surface area contributed by atoms with E-state index >= 15 is 0 Å². The molecule has 0 amide bonds. The highest BCUT2D eigenvalue weighted by Gasteiger charge is 2.35. The molecule has 0 aromatic heterocycles. The van der Waals surface area contributed by atoms with Crippen LogP contribution < -0.4 is 0 Å². The Hall–Kier alpha value is -2.34. The number of hydrogen-bond acceptors (Lipinski definition) is 0. The Kier molecular flexibility index (Phi) is 3.38. The van der Waals surface area contributed by atoms with Crippen LogP contribution in [0.15, 0.2) is 66.7 Å². The molecular formula is C24H24. The van der Waals surface area contributed by atoms with Crippen LogP contribution in [0.5, 0.6) is 0 Å². The maximum absolute atomic E-state index is 2.40. The summed E-state index contributed by atoms with van der Waals surface area (Å²) in [5, 5.41) is 0. The van der Waals surface area contributed by atoms with Gasteiger partial charge in [-0.25, -0.2) is 0 Å². The molecule has 0 nitrogen and oxygen atoms in total. The lowest BCUT2D eigenvalue weighted by Gasteiger charge is -2.22. The van der Waals surface area contributed by atoms with Crippen LogP contribution in [-0.2, 0) is 5.41 Å². The van der Waals surface area contributed by atoms with Gasteiger partial charge in [0.2, 0.25) is 0 Å². The van der Waals surface area contributed by atoms with E-state index in [0.29, 0.717) is 5.92 Å². The van der Waals surface area contributed by atoms with Gasteiger partial charge < -0.3 is 0 Å². The first kappa shape index (κ1) is 15.2. The van der Waals surface area contributed by atoms with Crippen LogP contribution in [0, 0.1) is 0 Å². The highest BCUT2D eigenvalue weighted by Crippen LogP contribution is 2.50. The van der Waals surface area contributed by atoms with Gasteiger partial charge in [-0.1, -0.05) is 88.4 Å². The van der Waals surface area contributed by atoms with Crippen molar-refractivity contribution in [3.63, 3.8) is 0 Å². The summed E-state index contributed by atoms with van der Waals surface area (Å²) in [5.74, 6) is 0.561.